The smallest absolute Gasteiger partial charge is 0.357 e. The highest BCUT2D eigenvalue weighted by atomic mass is 16.6. The molecule has 0 radical (unpaired) electrons. The molecule has 0 atom stereocenters. The Balaban J connectivity index is 1.61. The lowest BCUT2D eigenvalue weighted by Gasteiger charge is -2.15. The van der Waals surface area contributed by atoms with Gasteiger partial charge in [-0.25, -0.2) is 9.78 Å². The van der Waals surface area contributed by atoms with Gasteiger partial charge in [0, 0.05) is 5.39 Å². The minimum Gasteiger partial charge on any atom is -0.454 e. The molecule has 1 aromatic heterocycles. The first kappa shape index (κ1) is 11.0. The zero-order valence-corrected chi connectivity index (χ0v) is 10.6. The standard InChI is InChI=1S/C16H15NO2/c18-15(19-16(9-10-16)12-6-7-12)14-8-5-11-3-1-2-4-13(11)17-14/h1-5,8,12H,6-7,9-10H2. The summed E-state index contributed by atoms with van der Waals surface area (Å²) >= 11 is 0. The number of esters is 1. The average molecular weight is 253 g/mol. The number of para-hydroxylation sites is 1. The molecule has 3 heteroatoms. The quantitative estimate of drug-likeness (QED) is 0.787. The Hall–Kier alpha value is -1.90. The third-order valence-electron chi connectivity index (χ3n) is 4.17. The maximum atomic E-state index is 12.2. The molecule has 19 heavy (non-hydrogen) atoms. The molecule has 3 nitrogen and oxygen atoms in total. The summed E-state index contributed by atoms with van der Waals surface area (Å²) in [6.07, 6.45) is 4.46. The molecule has 0 N–H and O–H groups in total. The minimum absolute atomic E-state index is 0.135. The number of rotatable bonds is 3. The lowest BCUT2D eigenvalue weighted by atomic mass is 10.2. The second-order valence-electron chi connectivity index (χ2n) is 5.62. The summed E-state index contributed by atoms with van der Waals surface area (Å²) in [5, 5.41) is 1.04. The van der Waals surface area contributed by atoms with E-state index >= 15 is 0 Å². The van der Waals surface area contributed by atoms with Gasteiger partial charge in [0.05, 0.1) is 5.52 Å². The van der Waals surface area contributed by atoms with Crippen molar-refractivity contribution in [1.82, 2.24) is 4.98 Å². The highest BCUT2D eigenvalue weighted by Crippen LogP contribution is 2.56. The molecule has 2 aliphatic rings. The molecular weight excluding hydrogens is 238 g/mol. The number of pyridine rings is 1. The third-order valence-corrected chi connectivity index (χ3v) is 4.17. The summed E-state index contributed by atoms with van der Waals surface area (Å²) in [4.78, 5) is 16.6. The molecule has 0 aliphatic heterocycles. The van der Waals surface area contributed by atoms with Crippen molar-refractivity contribution in [3.63, 3.8) is 0 Å². The largest absolute Gasteiger partial charge is 0.454 e. The van der Waals surface area contributed by atoms with Crippen molar-refractivity contribution in [2.45, 2.75) is 31.3 Å². The molecule has 0 saturated heterocycles. The average Bonchev–Trinajstić information content (AvgIpc) is 3.30. The summed E-state index contributed by atoms with van der Waals surface area (Å²) < 4.78 is 5.71. The van der Waals surface area contributed by atoms with Crippen LogP contribution in [0.15, 0.2) is 36.4 Å². The van der Waals surface area contributed by atoms with Crippen molar-refractivity contribution >= 4 is 16.9 Å². The van der Waals surface area contributed by atoms with Crippen molar-refractivity contribution in [3.05, 3.63) is 42.1 Å². The van der Waals surface area contributed by atoms with E-state index in [1.54, 1.807) is 6.07 Å². The van der Waals surface area contributed by atoms with E-state index in [4.69, 9.17) is 4.74 Å². The number of hydrogen-bond acceptors (Lipinski definition) is 3. The second kappa shape index (κ2) is 3.80. The van der Waals surface area contributed by atoms with Gasteiger partial charge in [-0.15, -0.1) is 0 Å². The van der Waals surface area contributed by atoms with Gasteiger partial charge >= 0.3 is 5.97 Å². The van der Waals surface area contributed by atoms with E-state index in [9.17, 15) is 4.79 Å². The molecule has 2 fully saturated rings. The lowest BCUT2D eigenvalue weighted by molar-refractivity contribution is 0.0154. The van der Waals surface area contributed by atoms with Crippen LogP contribution in [0.5, 0.6) is 0 Å². The summed E-state index contributed by atoms with van der Waals surface area (Å²) in [5.41, 5.74) is 1.13. The van der Waals surface area contributed by atoms with Gasteiger partial charge in [0.25, 0.3) is 0 Å². The van der Waals surface area contributed by atoms with Gasteiger partial charge in [-0.1, -0.05) is 24.3 Å². The lowest BCUT2D eigenvalue weighted by Crippen LogP contribution is -2.22. The van der Waals surface area contributed by atoms with E-state index in [1.165, 1.54) is 12.8 Å². The maximum absolute atomic E-state index is 12.2. The molecule has 0 bridgehead atoms. The van der Waals surface area contributed by atoms with Crippen LogP contribution in [0.25, 0.3) is 10.9 Å². The van der Waals surface area contributed by atoms with Crippen molar-refractivity contribution in [1.29, 1.82) is 0 Å². The Labute approximate surface area is 111 Å². The van der Waals surface area contributed by atoms with Gasteiger partial charge in [-0.05, 0) is 43.7 Å². The number of fused-ring (bicyclic) bond motifs is 1. The first-order valence-corrected chi connectivity index (χ1v) is 6.86. The zero-order chi connectivity index (χ0) is 12.9. The normalized spacial score (nSPS) is 20.2. The van der Waals surface area contributed by atoms with Crippen LogP contribution < -0.4 is 0 Å². The fraction of sp³-hybridized carbons (Fsp3) is 0.375. The number of carbonyl (C=O) groups excluding carboxylic acids is 1. The highest BCUT2D eigenvalue weighted by Gasteiger charge is 2.57. The topological polar surface area (TPSA) is 39.2 Å². The van der Waals surface area contributed by atoms with E-state index in [1.807, 2.05) is 30.3 Å². The Morgan fingerprint density at radius 3 is 2.68 bits per heavy atom. The van der Waals surface area contributed by atoms with E-state index in [0.29, 0.717) is 11.6 Å². The highest BCUT2D eigenvalue weighted by molar-refractivity contribution is 5.91. The fourth-order valence-corrected chi connectivity index (χ4v) is 2.74. The molecule has 2 aliphatic carbocycles. The molecule has 2 aromatic rings. The van der Waals surface area contributed by atoms with Gasteiger partial charge in [-0.2, -0.15) is 0 Å². The summed E-state index contributed by atoms with van der Waals surface area (Å²) in [6.45, 7) is 0. The van der Waals surface area contributed by atoms with E-state index < -0.39 is 0 Å². The molecule has 1 aromatic carbocycles. The predicted octanol–water partition coefficient (Wildman–Crippen LogP) is 3.33. The monoisotopic (exact) mass is 253 g/mol. The number of hydrogen-bond donors (Lipinski definition) is 0. The van der Waals surface area contributed by atoms with Crippen LogP contribution in [-0.4, -0.2) is 16.6 Å². The molecule has 1 heterocycles. The molecule has 0 unspecified atom stereocenters. The fourth-order valence-electron chi connectivity index (χ4n) is 2.74. The van der Waals surface area contributed by atoms with Crippen LogP contribution in [0.2, 0.25) is 0 Å². The molecular formula is C16H15NO2. The van der Waals surface area contributed by atoms with E-state index in [-0.39, 0.29) is 11.6 Å². The summed E-state index contributed by atoms with van der Waals surface area (Å²) in [5.74, 6) is 0.340. The SMILES string of the molecule is O=C(OC1(C2CC2)CC1)c1ccc2ccccc2n1. The first-order valence-electron chi connectivity index (χ1n) is 6.86. The van der Waals surface area contributed by atoms with Crippen LogP contribution in [0.4, 0.5) is 0 Å². The van der Waals surface area contributed by atoms with Gasteiger partial charge < -0.3 is 4.74 Å². The van der Waals surface area contributed by atoms with Crippen molar-refractivity contribution in [2.24, 2.45) is 5.92 Å². The number of ether oxygens (including phenoxy) is 1. The number of nitrogens with zero attached hydrogens (tertiary/aromatic N) is 1. The van der Waals surface area contributed by atoms with Crippen molar-refractivity contribution in [2.75, 3.05) is 0 Å². The molecule has 4 rings (SSSR count). The molecule has 0 amide bonds. The van der Waals surface area contributed by atoms with Crippen LogP contribution in [0.3, 0.4) is 0 Å². The van der Waals surface area contributed by atoms with Crippen molar-refractivity contribution in [3.8, 4) is 0 Å². The predicted molar refractivity (Wildman–Crippen MR) is 71.8 cm³/mol. The minimum atomic E-state index is -0.268. The van der Waals surface area contributed by atoms with Gasteiger partial charge in [0.15, 0.2) is 0 Å². The van der Waals surface area contributed by atoms with E-state index in [2.05, 4.69) is 4.98 Å². The number of aromatic nitrogens is 1. The third kappa shape index (κ3) is 1.89. The molecule has 2 saturated carbocycles. The van der Waals surface area contributed by atoms with Gasteiger partial charge in [0.1, 0.15) is 11.3 Å². The van der Waals surface area contributed by atoms with Gasteiger partial charge in [-0.3, -0.25) is 0 Å². The van der Waals surface area contributed by atoms with E-state index in [0.717, 1.165) is 23.7 Å². The molecule has 0 spiro atoms. The van der Waals surface area contributed by atoms with Crippen molar-refractivity contribution < 1.29 is 9.53 Å². The van der Waals surface area contributed by atoms with Crippen LogP contribution in [-0.2, 0) is 4.74 Å². The molecule has 96 valence electrons. The Kier molecular flexibility index (Phi) is 2.19. The number of benzene rings is 1. The maximum Gasteiger partial charge on any atom is 0.357 e. The van der Waals surface area contributed by atoms with Crippen LogP contribution in [0, 0.1) is 5.92 Å². The summed E-state index contributed by atoms with van der Waals surface area (Å²) in [6, 6.07) is 11.5. The van der Waals surface area contributed by atoms with Crippen LogP contribution in [0.1, 0.15) is 36.2 Å². The zero-order valence-electron chi connectivity index (χ0n) is 10.6. The van der Waals surface area contributed by atoms with Gasteiger partial charge in [0.2, 0.25) is 0 Å². The first-order chi connectivity index (χ1) is 9.27. The Morgan fingerprint density at radius 2 is 1.95 bits per heavy atom. The van der Waals surface area contributed by atoms with Crippen LogP contribution >= 0.6 is 0 Å². The number of carbonyl (C=O) groups is 1. The Bertz CT molecular complexity index is 657. The second-order valence-corrected chi connectivity index (χ2v) is 5.62. The Morgan fingerprint density at radius 1 is 1.16 bits per heavy atom. The summed E-state index contributed by atoms with van der Waals surface area (Å²) in [7, 11) is 0.